The van der Waals surface area contributed by atoms with Crippen molar-refractivity contribution >= 4 is 41.4 Å². The molecule has 1 fully saturated rings. The van der Waals surface area contributed by atoms with Crippen LogP contribution >= 0.6 is 0 Å². The van der Waals surface area contributed by atoms with Crippen LogP contribution in [0.5, 0.6) is 0 Å². The summed E-state index contributed by atoms with van der Waals surface area (Å²) in [6.45, 7) is 18.8. The Labute approximate surface area is 316 Å². The Hall–Kier alpha value is -3.79. The number of hydrogen-bond acceptors (Lipinski definition) is 9. The van der Waals surface area contributed by atoms with Gasteiger partial charge in [0.1, 0.15) is 36.3 Å². The van der Waals surface area contributed by atoms with E-state index in [4.69, 9.17) is 5.84 Å². The van der Waals surface area contributed by atoms with Crippen LogP contribution in [0, 0.1) is 23.7 Å². The van der Waals surface area contributed by atoms with E-state index >= 15 is 0 Å². The van der Waals surface area contributed by atoms with Gasteiger partial charge in [-0.2, -0.15) is 0 Å². The molecule has 0 aliphatic carbocycles. The molecule has 0 radical (unpaired) electrons. The smallest absolute Gasteiger partial charge is 0.259 e. The number of hydrogen-bond donors (Lipinski definition) is 4. The summed E-state index contributed by atoms with van der Waals surface area (Å²) in [5, 5.41) is 17.4. The third kappa shape index (κ3) is 11.6. The SMILES string of the molecule is CCC(C)C1NC(=O)C(C(O)C(C)C)N(N)C(=O)C(C)N(C)C(=O)C(C)N(C)C(=O)C(CC(C)C)NC(=O)C(CC(C)C)N(C)C(=O)C(C)N(C)C1=O. The second-order valence-corrected chi connectivity index (χ2v) is 16.0. The van der Waals surface area contributed by atoms with E-state index in [-0.39, 0.29) is 24.7 Å². The van der Waals surface area contributed by atoms with Crippen LogP contribution in [-0.2, 0) is 33.6 Å². The summed E-state index contributed by atoms with van der Waals surface area (Å²) < 4.78 is 0. The highest BCUT2D eigenvalue weighted by molar-refractivity contribution is 5.98. The summed E-state index contributed by atoms with van der Waals surface area (Å²) >= 11 is 0. The highest BCUT2D eigenvalue weighted by Gasteiger charge is 2.43. The van der Waals surface area contributed by atoms with Gasteiger partial charge >= 0.3 is 0 Å². The molecule has 16 nitrogen and oxygen atoms in total. The van der Waals surface area contributed by atoms with Crippen LogP contribution in [-0.4, -0.2) is 148 Å². The van der Waals surface area contributed by atoms with Crippen molar-refractivity contribution in [1.82, 2.24) is 35.2 Å². The first kappa shape index (κ1) is 47.2. The molecule has 0 aromatic heterocycles. The van der Waals surface area contributed by atoms with E-state index in [0.29, 0.717) is 11.4 Å². The molecule has 0 spiro atoms. The van der Waals surface area contributed by atoms with Crippen LogP contribution in [0.25, 0.3) is 0 Å². The number of likely N-dealkylation sites (N-methyl/N-ethyl adjacent to an activating group) is 4. The zero-order chi connectivity index (χ0) is 41.4. The zero-order valence-corrected chi connectivity index (χ0v) is 34.7. The van der Waals surface area contributed by atoms with Crippen LogP contribution in [0.3, 0.4) is 0 Å². The molecule has 1 saturated heterocycles. The first-order chi connectivity index (χ1) is 24.3. The van der Waals surface area contributed by atoms with Crippen molar-refractivity contribution in [3.8, 4) is 0 Å². The first-order valence-corrected chi connectivity index (χ1v) is 18.8. The molecule has 9 atom stereocenters. The average Bonchev–Trinajstić information content (AvgIpc) is 3.10. The van der Waals surface area contributed by atoms with Crippen LogP contribution in [0.15, 0.2) is 0 Å². The number of nitrogens with two attached hydrogens (primary N) is 1. The Bertz CT molecular complexity index is 1330. The molecule has 7 amide bonds. The average molecular weight is 753 g/mol. The van der Waals surface area contributed by atoms with E-state index in [1.807, 2.05) is 34.6 Å². The lowest BCUT2D eigenvalue weighted by Gasteiger charge is -2.38. The van der Waals surface area contributed by atoms with Gasteiger partial charge in [0.05, 0.1) is 6.10 Å². The predicted molar refractivity (Wildman–Crippen MR) is 201 cm³/mol. The third-order valence-corrected chi connectivity index (χ3v) is 10.6. The van der Waals surface area contributed by atoms with Crippen molar-refractivity contribution in [2.75, 3.05) is 28.2 Å². The topological polar surface area (TPSA) is 206 Å². The monoisotopic (exact) mass is 753 g/mol. The minimum Gasteiger partial charge on any atom is -0.390 e. The number of nitrogens with one attached hydrogen (secondary N) is 2. The summed E-state index contributed by atoms with van der Waals surface area (Å²) in [4.78, 5) is 103. The number of carbonyl (C=O) groups is 7. The van der Waals surface area contributed by atoms with E-state index in [2.05, 4.69) is 10.6 Å². The molecule has 53 heavy (non-hydrogen) atoms. The second-order valence-electron chi connectivity index (χ2n) is 16.0. The molecule has 16 heteroatoms. The van der Waals surface area contributed by atoms with E-state index in [1.54, 1.807) is 20.8 Å². The van der Waals surface area contributed by atoms with E-state index < -0.39 is 102 Å². The maximum Gasteiger partial charge on any atom is 0.259 e. The quantitative estimate of drug-likeness (QED) is 0.202. The molecular weight excluding hydrogens is 684 g/mol. The van der Waals surface area contributed by atoms with Gasteiger partial charge in [0.15, 0.2) is 6.04 Å². The summed E-state index contributed by atoms with van der Waals surface area (Å²) in [5.74, 6) is 0.559. The van der Waals surface area contributed by atoms with E-state index in [0.717, 1.165) is 4.90 Å². The van der Waals surface area contributed by atoms with Gasteiger partial charge in [0.25, 0.3) is 5.91 Å². The molecule has 304 valence electrons. The molecule has 0 aromatic rings. The van der Waals surface area contributed by atoms with Crippen LogP contribution in [0.4, 0.5) is 0 Å². The zero-order valence-electron chi connectivity index (χ0n) is 34.7. The van der Waals surface area contributed by atoms with Gasteiger partial charge in [-0.3, -0.25) is 38.6 Å². The van der Waals surface area contributed by atoms with E-state index in [1.165, 1.54) is 63.7 Å². The fourth-order valence-electron chi connectivity index (χ4n) is 6.21. The normalized spacial score (nSPS) is 28.5. The van der Waals surface area contributed by atoms with Gasteiger partial charge in [-0.25, -0.2) is 5.84 Å². The maximum absolute atomic E-state index is 14.1. The first-order valence-electron chi connectivity index (χ1n) is 18.8. The number of aliphatic hydroxyl groups is 1. The van der Waals surface area contributed by atoms with Crippen molar-refractivity contribution in [3.63, 3.8) is 0 Å². The molecule has 5 N–H and O–H groups in total. The molecule has 0 bridgehead atoms. The van der Waals surface area contributed by atoms with Crippen LogP contribution in [0.1, 0.15) is 95.4 Å². The van der Waals surface area contributed by atoms with Gasteiger partial charge in [0.2, 0.25) is 35.4 Å². The lowest BCUT2D eigenvalue weighted by Crippen LogP contribution is -2.65. The highest BCUT2D eigenvalue weighted by Crippen LogP contribution is 2.20. The van der Waals surface area contributed by atoms with Crippen molar-refractivity contribution in [2.24, 2.45) is 29.5 Å². The number of nitrogens with zero attached hydrogens (tertiary/aromatic N) is 5. The number of hydrazine groups is 1. The Morgan fingerprint density at radius 2 is 1.06 bits per heavy atom. The summed E-state index contributed by atoms with van der Waals surface area (Å²) in [6.07, 6.45) is -0.538. The van der Waals surface area contributed by atoms with E-state index in [9.17, 15) is 38.7 Å². The van der Waals surface area contributed by atoms with Gasteiger partial charge in [-0.05, 0) is 57.3 Å². The van der Waals surface area contributed by atoms with Crippen molar-refractivity contribution in [1.29, 1.82) is 0 Å². The van der Waals surface area contributed by atoms with Crippen molar-refractivity contribution in [3.05, 3.63) is 0 Å². The fraction of sp³-hybridized carbons (Fsp3) is 0.811. The molecule has 1 rings (SSSR count). The van der Waals surface area contributed by atoms with Crippen molar-refractivity contribution in [2.45, 2.75) is 144 Å². The Balaban J connectivity index is 4.00. The van der Waals surface area contributed by atoms with Gasteiger partial charge in [0, 0.05) is 28.2 Å². The fourth-order valence-corrected chi connectivity index (χ4v) is 6.21. The number of carbonyl (C=O) groups excluding carboxylic acids is 7. The highest BCUT2D eigenvalue weighted by atomic mass is 16.3. The standard InChI is InChI=1S/C37H68N8O8/c1-16-22(8)28-37(53)43(14)24(10)34(50)44(15)27(18-20(4)5)31(47)39-26(17-19(2)3)36(52)42(13)23(9)33(49)41(12)25(11)35(51)45(38)29(32(48)40-28)30(46)21(6)7/h19-30,46H,16-18,38H2,1-15H3,(H,39,47)(H,40,48). The Morgan fingerprint density at radius 1 is 0.623 bits per heavy atom. The molecular formula is C37H68N8O8. The van der Waals surface area contributed by atoms with Gasteiger partial charge in [-0.1, -0.05) is 61.8 Å². The summed E-state index contributed by atoms with van der Waals surface area (Å²) in [6, 6.07) is -8.33. The molecule has 1 aliphatic rings. The van der Waals surface area contributed by atoms with Crippen LogP contribution < -0.4 is 16.5 Å². The summed E-state index contributed by atoms with van der Waals surface area (Å²) in [5.41, 5.74) is 0. The number of rotatable bonds is 8. The van der Waals surface area contributed by atoms with Gasteiger partial charge < -0.3 is 35.3 Å². The molecule has 1 aliphatic heterocycles. The minimum absolute atomic E-state index is 0.0359. The molecule has 0 aromatic carbocycles. The maximum atomic E-state index is 14.1. The van der Waals surface area contributed by atoms with Crippen molar-refractivity contribution < 1.29 is 38.7 Å². The Morgan fingerprint density at radius 3 is 1.51 bits per heavy atom. The Kier molecular flexibility index (Phi) is 17.9. The van der Waals surface area contributed by atoms with Gasteiger partial charge in [-0.15, -0.1) is 0 Å². The largest absolute Gasteiger partial charge is 0.390 e. The lowest BCUT2D eigenvalue weighted by atomic mass is 9.94. The second kappa shape index (κ2) is 20.0. The molecule has 9 unspecified atom stereocenters. The molecule has 0 saturated carbocycles. The minimum atomic E-state index is -1.66. The van der Waals surface area contributed by atoms with Crippen LogP contribution in [0.2, 0.25) is 0 Å². The molecule has 1 heterocycles. The lowest BCUT2D eigenvalue weighted by molar-refractivity contribution is -0.155. The number of aliphatic hydroxyl groups excluding tert-OH is 1. The third-order valence-electron chi connectivity index (χ3n) is 10.6. The number of amides is 7. The predicted octanol–water partition coefficient (Wildman–Crippen LogP) is 0.563. The summed E-state index contributed by atoms with van der Waals surface area (Å²) in [7, 11) is 5.69.